The molecule has 2 aliphatic heterocycles. The van der Waals surface area contributed by atoms with Crippen LogP contribution in [0.4, 0.5) is 4.39 Å². The fourth-order valence-electron chi connectivity index (χ4n) is 6.28. The average molecular weight is 372 g/mol. The van der Waals surface area contributed by atoms with Crippen LogP contribution in [-0.4, -0.2) is 18.0 Å². The number of hydrogen-bond acceptors (Lipinski definition) is 4. The van der Waals surface area contributed by atoms with Crippen LogP contribution in [0.2, 0.25) is 0 Å². The van der Waals surface area contributed by atoms with Crippen LogP contribution in [0.25, 0.3) is 0 Å². The summed E-state index contributed by atoms with van der Waals surface area (Å²) in [4.78, 5) is 26.5. The molecule has 4 aliphatic rings. The molecule has 2 spiro atoms. The molecule has 27 heavy (non-hydrogen) atoms. The zero-order chi connectivity index (χ0) is 18.7. The topological polar surface area (TPSA) is 52.6 Å². The SMILES string of the molecule is O=C1O[C@]2(c3ccc(F)cc3)[C@H](OC(=O)C23CCCCC3)C12CCCCC2. The summed E-state index contributed by atoms with van der Waals surface area (Å²) < 4.78 is 25.9. The molecule has 5 rings (SSSR count). The first kappa shape index (κ1) is 17.2. The molecule has 5 heteroatoms. The number of hydrogen-bond donors (Lipinski definition) is 0. The average Bonchev–Trinajstić information content (AvgIpc) is 3.06. The van der Waals surface area contributed by atoms with Crippen molar-refractivity contribution in [3.8, 4) is 0 Å². The molecule has 0 aromatic heterocycles. The van der Waals surface area contributed by atoms with E-state index in [-0.39, 0.29) is 17.8 Å². The molecule has 2 saturated carbocycles. The van der Waals surface area contributed by atoms with Gasteiger partial charge in [-0.25, -0.2) is 4.39 Å². The van der Waals surface area contributed by atoms with Gasteiger partial charge in [-0.1, -0.05) is 50.7 Å². The van der Waals surface area contributed by atoms with Crippen LogP contribution < -0.4 is 0 Å². The predicted octanol–water partition coefficient (Wildman–Crippen LogP) is 4.40. The van der Waals surface area contributed by atoms with Crippen molar-refractivity contribution >= 4 is 11.9 Å². The maximum Gasteiger partial charge on any atom is 0.317 e. The van der Waals surface area contributed by atoms with Crippen LogP contribution in [-0.2, 0) is 24.7 Å². The summed E-state index contributed by atoms with van der Waals surface area (Å²) >= 11 is 0. The summed E-state index contributed by atoms with van der Waals surface area (Å²) in [7, 11) is 0. The minimum Gasteiger partial charge on any atom is -0.456 e. The maximum absolute atomic E-state index is 13.6. The van der Waals surface area contributed by atoms with Crippen LogP contribution in [0.5, 0.6) is 0 Å². The van der Waals surface area contributed by atoms with Gasteiger partial charge in [0.15, 0.2) is 11.7 Å². The van der Waals surface area contributed by atoms with Crippen LogP contribution in [0, 0.1) is 16.6 Å². The third kappa shape index (κ3) is 2.03. The lowest BCUT2D eigenvalue weighted by atomic mass is 9.57. The van der Waals surface area contributed by atoms with Gasteiger partial charge >= 0.3 is 11.9 Å². The van der Waals surface area contributed by atoms with Gasteiger partial charge in [-0.3, -0.25) is 9.59 Å². The molecular weight excluding hydrogens is 347 g/mol. The second kappa shape index (κ2) is 5.79. The Bertz CT molecular complexity index is 772. The quantitative estimate of drug-likeness (QED) is 0.686. The first-order valence-electron chi connectivity index (χ1n) is 10.3. The van der Waals surface area contributed by atoms with Crippen molar-refractivity contribution in [2.75, 3.05) is 0 Å². The lowest BCUT2D eigenvalue weighted by molar-refractivity contribution is -0.173. The summed E-state index contributed by atoms with van der Waals surface area (Å²) in [5.41, 5.74) is -2.00. The molecule has 2 atom stereocenters. The van der Waals surface area contributed by atoms with Gasteiger partial charge in [0.05, 0.1) is 0 Å². The number of carbonyl (C=O) groups excluding carboxylic acids is 2. The molecule has 0 bridgehead atoms. The predicted molar refractivity (Wildman–Crippen MR) is 95.1 cm³/mol. The molecule has 2 saturated heterocycles. The largest absolute Gasteiger partial charge is 0.456 e. The Morgan fingerprint density at radius 2 is 1.41 bits per heavy atom. The molecule has 0 N–H and O–H groups in total. The fourth-order valence-corrected chi connectivity index (χ4v) is 6.28. The Kier molecular flexibility index (Phi) is 3.69. The molecule has 2 heterocycles. The number of carbonyl (C=O) groups is 2. The van der Waals surface area contributed by atoms with E-state index < -0.39 is 22.5 Å². The third-order valence-electron chi connectivity index (χ3n) is 7.58. The summed E-state index contributed by atoms with van der Waals surface area (Å²) in [6.45, 7) is 0. The molecule has 4 fully saturated rings. The number of esters is 2. The Balaban J connectivity index is 1.72. The van der Waals surface area contributed by atoms with Crippen molar-refractivity contribution in [2.24, 2.45) is 10.8 Å². The number of halogens is 1. The molecule has 0 radical (unpaired) electrons. The van der Waals surface area contributed by atoms with Gasteiger partial charge < -0.3 is 9.47 Å². The van der Waals surface area contributed by atoms with Crippen LogP contribution in [0.3, 0.4) is 0 Å². The van der Waals surface area contributed by atoms with Gasteiger partial charge in [0, 0.05) is 5.56 Å². The van der Waals surface area contributed by atoms with E-state index in [2.05, 4.69) is 0 Å². The van der Waals surface area contributed by atoms with E-state index in [1.807, 2.05) is 0 Å². The molecule has 1 aromatic rings. The van der Waals surface area contributed by atoms with Crippen molar-refractivity contribution in [3.05, 3.63) is 35.6 Å². The molecule has 0 amide bonds. The summed E-state index contributed by atoms with van der Waals surface area (Å²) in [5.74, 6) is -0.797. The van der Waals surface area contributed by atoms with Crippen LogP contribution in [0.15, 0.2) is 24.3 Å². The molecule has 0 unspecified atom stereocenters. The molecule has 144 valence electrons. The van der Waals surface area contributed by atoms with Crippen molar-refractivity contribution in [2.45, 2.75) is 75.9 Å². The first-order chi connectivity index (χ1) is 13.1. The highest BCUT2D eigenvalue weighted by atomic mass is 19.1. The second-order valence-corrected chi connectivity index (χ2v) is 8.78. The number of rotatable bonds is 1. The van der Waals surface area contributed by atoms with Crippen molar-refractivity contribution in [1.82, 2.24) is 0 Å². The highest BCUT2D eigenvalue weighted by molar-refractivity contribution is 5.90. The van der Waals surface area contributed by atoms with E-state index in [9.17, 15) is 14.0 Å². The van der Waals surface area contributed by atoms with Crippen molar-refractivity contribution in [3.63, 3.8) is 0 Å². The maximum atomic E-state index is 13.6. The highest BCUT2D eigenvalue weighted by Crippen LogP contribution is 2.68. The zero-order valence-electron chi connectivity index (χ0n) is 15.5. The monoisotopic (exact) mass is 372 g/mol. The normalized spacial score (nSPS) is 33.7. The Labute approximate surface area is 158 Å². The smallest absolute Gasteiger partial charge is 0.317 e. The summed E-state index contributed by atoms with van der Waals surface area (Å²) in [6, 6.07) is 6.13. The standard InChI is InChI=1S/C22H25FO4/c23-16-9-7-15(8-10-16)22-17(20(18(24)27-22)11-3-1-4-12-20)26-19(25)21(22)13-5-2-6-14-21/h7-10,17H,1-6,11-14H2/t17-,22-/m1/s1. The molecule has 4 nitrogen and oxygen atoms in total. The zero-order valence-corrected chi connectivity index (χ0v) is 15.5. The van der Waals surface area contributed by atoms with E-state index in [0.29, 0.717) is 31.2 Å². The lowest BCUT2D eigenvalue weighted by Crippen LogP contribution is -2.52. The second-order valence-electron chi connectivity index (χ2n) is 8.78. The minimum atomic E-state index is -1.12. The van der Waals surface area contributed by atoms with Gasteiger partial charge in [-0.05, 0) is 37.8 Å². The van der Waals surface area contributed by atoms with E-state index in [1.54, 1.807) is 12.1 Å². The number of fused-ring (bicyclic) bond motifs is 3. The van der Waals surface area contributed by atoms with E-state index in [4.69, 9.17) is 9.47 Å². The van der Waals surface area contributed by atoms with Gasteiger partial charge in [0.2, 0.25) is 0 Å². The van der Waals surface area contributed by atoms with Gasteiger partial charge in [0.1, 0.15) is 16.6 Å². The first-order valence-corrected chi connectivity index (χ1v) is 10.3. The summed E-state index contributed by atoms with van der Waals surface area (Å²) in [6.07, 6.45) is 7.96. The lowest BCUT2D eigenvalue weighted by Gasteiger charge is -2.43. The van der Waals surface area contributed by atoms with E-state index >= 15 is 0 Å². The third-order valence-corrected chi connectivity index (χ3v) is 7.58. The number of benzene rings is 1. The van der Waals surface area contributed by atoms with E-state index in [0.717, 1.165) is 38.5 Å². The molecule has 2 aliphatic carbocycles. The highest BCUT2D eigenvalue weighted by Gasteiger charge is 2.80. The van der Waals surface area contributed by atoms with Gasteiger partial charge in [0.25, 0.3) is 0 Å². The molecular formula is C22H25FO4. The van der Waals surface area contributed by atoms with Gasteiger partial charge in [-0.15, -0.1) is 0 Å². The minimum absolute atomic E-state index is 0.228. The van der Waals surface area contributed by atoms with Gasteiger partial charge in [-0.2, -0.15) is 0 Å². The fraction of sp³-hybridized carbons (Fsp3) is 0.636. The van der Waals surface area contributed by atoms with Crippen molar-refractivity contribution in [1.29, 1.82) is 0 Å². The van der Waals surface area contributed by atoms with Crippen LogP contribution in [0.1, 0.15) is 69.8 Å². The summed E-state index contributed by atoms with van der Waals surface area (Å²) in [5, 5.41) is 0. The number of ether oxygens (including phenoxy) is 2. The Hall–Kier alpha value is -1.91. The van der Waals surface area contributed by atoms with E-state index in [1.165, 1.54) is 12.1 Å². The molecule has 1 aromatic carbocycles. The Morgan fingerprint density at radius 1 is 0.815 bits per heavy atom. The van der Waals surface area contributed by atoms with Crippen molar-refractivity contribution < 1.29 is 23.5 Å². The Morgan fingerprint density at radius 3 is 2.04 bits per heavy atom. The van der Waals surface area contributed by atoms with Crippen LogP contribution >= 0.6 is 0 Å².